The van der Waals surface area contributed by atoms with Crippen LogP contribution in [-0.4, -0.2) is 34.3 Å². The molecular formula is C11H16BrN3O. The van der Waals surface area contributed by atoms with Crippen molar-refractivity contribution >= 4 is 21.7 Å². The molecule has 0 spiro atoms. The van der Waals surface area contributed by atoms with Crippen LogP contribution in [0.4, 0.5) is 5.82 Å². The monoisotopic (exact) mass is 285 g/mol. The molecule has 2 unspecified atom stereocenters. The van der Waals surface area contributed by atoms with Gasteiger partial charge in [0.25, 0.3) is 0 Å². The number of aryl methyl sites for hydroxylation is 1. The minimum absolute atomic E-state index is 0.261. The number of aliphatic hydroxyl groups is 1. The Morgan fingerprint density at radius 3 is 2.88 bits per heavy atom. The van der Waals surface area contributed by atoms with Crippen LogP contribution in [0.3, 0.4) is 0 Å². The topological polar surface area (TPSA) is 49.2 Å². The molecule has 1 saturated heterocycles. The zero-order chi connectivity index (χ0) is 11.7. The number of piperidine rings is 1. The van der Waals surface area contributed by atoms with E-state index in [9.17, 15) is 5.11 Å². The number of hydrogen-bond donors (Lipinski definition) is 1. The maximum absolute atomic E-state index is 9.85. The van der Waals surface area contributed by atoms with Crippen molar-refractivity contribution in [1.82, 2.24) is 9.97 Å². The summed E-state index contributed by atoms with van der Waals surface area (Å²) in [6, 6.07) is 1.90. The van der Waals surface area contributed by atoms with Gasteiger partial charge in [-0.25, -0.2) is 9.97 Å². The Hall–Kier alpha value is -0.680. The maximum atomic E-state index is 9.85. The highest BCUT2D eigenvalue weighted by Gasteiger charge is 2.25. The molecule has 0 amide bonds. The summed E-state index contributed by atoms with van der Waals surface area (Å²) in [6.45, 7) is 5.56. The molecule has 1 aliphatic rings. The second kappa shape index (κ2) is 4.67. The van der Waals surface area contributed by atoms with Crippen LogP contribution >= 0.6 is 15.9 Å². The Morgan fingerprint density at radius 2 is 2.25 bits per heavy atom. The van der Waals surface area contributed by atoms with Crippen molar-refractivity contribution in [3.8, 4) is 0 Å². The van der Waals surface area contributed by atoms with Crippen molar-refractivity contribution < 1.29 is 5.11 Å². The SMILES string of the molecule is Cc1nc(Br)cc(N2CCC(C)C(O)C2)n1. The molecule has 16 heavy (non-hydrogen) atoms. The second-order valence-electron chi connectivity index (χ2n) is 4.38. The van der Waals surface area contributed by atoms with E-state index in [0.717, 1.165) is 29.2 Å². The zero-order valence-corrected chi connectivity index (χ0v) is 11.1. The fourth-order valence-corrected chi connectivity index (χ4v) is 2.40. The van der Waals surface area contributed by atoms with Gasteiger partial charge in [0.2, 0.25) is 0 Å². The smallest absolute Gasteiger partial charge is 0.133 e. The Bertz CT molecular complexity index is 365. The van der Waals surface area contributed by atoms with Gasteiger partial charge < -0.3 is 10.0 Å². The molecule has 1 aliphatic heterocycles. The molecule has 5 heteroatoms. The van der Waals surface area contributed by atoms with Gasteiger partial charge in [0.1, 0.15) is 16.2 Å². The van der Waals surface area contributed by atoms with E-state index >= 15 is 0 Å². The molecule has 0 radical (unpaired) electrons. The maximum Gasteiger partial charge on any atom is 0.133 e. The van der Waals surface area contributed by atoms with Crippen molar-refractivity contribution in [2.45, 2.75) is 26.4 Å². The molecular weight excluding hydrogens is 270 g/mol. The summed E-state index contributed by atoms with van der Waals surface area (Å²) in [5.74, 6) is 2.02. The average molecular weight is 286 g/mol. The first-order valence-electron chi connectivity index (χ1n) is 5.50. The molecule has 0 aliphatic carbocycles. The molecule has 1 fully saturated rings. The van der Waals surface area contributed by atoms with Gasteiger partial charge in [-0.2, -0.15) is 0 Å². The summed E-state index contributed by atoms with van der Waals surface area (Å²) in [5.41, 5.74) is 0. The predicted molar refractivity (Wildman–Crippen MR) is 66.5 cm³/mol. The van der Waals surface area contributed by atoms with Gasteiger partial charge in [0.05, 0.1) is 6.10 Å². The summed E-state index contributed by atoms with van der Waals surface area (Å²) in [4.78, 5) is 10.7. The lowest BCUT2D eigenvalue weighted by Gasteiger charge is -2.35. The van der Waals surface area contributed by atoms with Gasteiger partial charge in [-0.15, -0.1) is 0 Å². The van der Waals surface area contributed by atoms with Crippen molar-refractivity contribution in [2.24, 2.45) is 5.92 Å². The number of aromatic nitrogens is 2. The van der Waals surface area contributed by atoms with E-state index < -0.39 is 0 Å². The van der Waals surface area contributed by atoms with Gasteiger partial charge in [-0.3, -0.25) is 0 Å². The van der Waals surface area contributed by atoms with Crippen LogP contribution in [0.25, 0.3) is 0 Å². The second-order valence-corrected chi connectivity index (χ2v) is 5.19. The number of β-amino-alcohol motifs (C(OH)–C–C–N with tert-alkyl or cyclic N) is 1. The lowest BCUT2D eigenvalue weighted by atomic mass is 9.96. The van der Waals surface area contributed by atoms with Gasteiger partial charge in [0.15, 0.2) is 0 Å². The summed E-state index contributed by atoms with van der Waals surface area (Å²) >= 11 is 3.37. The van der Waals surface area contributed by atoms with Crippen LogP contribution in [0, 0.1) is 12.8 Å². The minimum Gasteiger partial charge on any atom is -0.391 e. The lowest BCUT2D eigenvalue weighted by molar-refractivity contribution is 0.102. The summed E-state index contributed by atoms with van der Waals surface area (Å²) < 4.78 is 0.795. The van der Waals surface area contributed by atoms with E-state index in [1.165, 1.54) is 0 Å². The molecule has 1 aromatic heterocycles. The Labute approximate surface area is 104 Å². The van der Waals surface area contributed by atoms with E-state index in [1.54, 1.807) is 0 Å². The number of anilines is 1. The van der Waals surface area contributed by atoms with Crippen LogP contribution in [-0.2, 0) is 0 Å². The number of aliphatic hydroxyl groups excluding tert-OH is 1. The number of nitrogens with zero attached hydrogens (tertiary/aromatic N) is 3. The summed E-state index contributed by atoms with van der Waals surface area (Å²) in [6.07, 6.45) is 0.741. The Morgan fingerprint density at radius 1 is 1.50 bits per heavy atom. The molecule has 2 heterocycles. The van der Waals surface area contributed by atoms with Crippen LogP contribution in [0.2, 0.25) is 0 Å². The molecule has 0 saturated carbocycles. The Balaban J connectivity index is 2.18. The normalized spacial score (nSPS) is 25.9. The highest BCUT2D eigenvalue weighted by molar-refractivity contribution is 9.10. The fraction of sp³-hybridized carbons (Fsp3) is 0.636. The quantitative estimate of drug-likeness (QED) is 0.799. The zero-order valence-electron chi connectivity index (χ0n) is 9.52. The Kier molecular flexibility index (Phi) is 3.44. The van der Waals surface area contributed by atoms with Gasteiger partial charge in [-0.1, -0.05) is 6.92 Å². The minimum atomic E-state index is -0.261. The first-order chi connectivity index (χ1) is 7.56. The van der Waals surface area contributed by atoms with Crippen LogP contribution < -0.4 is 4.90 Å². The van der Waals surface area contributed by atoms with E-state index in [2.05, 4.69) is 37.7 Å². The molecule has 1 N–H and O–H groups in total. The van der Waals surface area contributed by atoms with Crippen LogP contribution in [0.15, 0.2) is 10.7 Å². The largest absolute Gasteiger partial charge is 0.391 e. The van der Waals surface area contributed by atoms with Gasteiger partial charge in [-0.05, 0) is 35.2 Å². The van der Waals surface area contributed by atoms with E-state index in [1.807, 2.05) is 13.0 Å². The predicted octanol–water partition coefficient (Wildman–Crippen LogP) is 1.75. The first kappa shape index (κ1) is 11.8. The van der Waals surface area contributed by atoms with Crippen molar-refractivity contribution in [3.05, 3.63) is 16.5 Å². The molecule has 88 valence electrons. The van der Waals surface area contributed by atoms with E-state index in [0.29, 0.717) is 12.5 Å². The number of halogens is 1. The lowest BCUT2D eigenvalue weighted by Crippen LogP contribution is -2.43. The highest BCUT2D eigenvalue weighted by Crippen LogP contribution is 2.23. The number of hydrogen-bond acceptors (Lipinski definition) is 4. The third-order valence-electron chi connectivity index (χ3n) is 3.04. The molecule has 0 aromatic carbocycles. The molecule has 2 atom stereocenters. The van der Waals surface area contributed by atoms with E-state index in [4.69, 9.17) is 0 Å². The van der Waals surface area contributed by atoms with Gasteiger partial charge >= 0.3 is 0 Å². The molecule has 1 aromatic rings. The first-order valence-corrected chi connectivity index (χ1v) is 6.30. The van der Waals surface area contributed by atoms with E-state index in [-0.39, 0.29) is 6.10 Å². The standard InChI is InChI=1S/C11H16BrN3O/c1-7-3-4-15(6-9(7)16)11-5-10(12)13-8(2)14-11/h5,7,9,16H,3-4,6H2,1-2H3. The molecule has 0 bridgehead atoms. The third-order valence-corrected chi connectivity index (χ3v) is 3.44. The van der Waals surface area contributed by atoms with Crippen LogP contribution in [0.5, 0.6) is 0 Å². The summed E-state index contributed by atoms with van der Waals surface area (Å²) in [7, 11) is 0. The highest BCUT2D eigenvalue weighted by atomic mass is 79.9. The molecule has 4 nitrogen and oxygen atoms in total. The van der Waals surface area contributed by atoms with Crippen LogP contribution in [0.1, 0.15) is 19.2 Å². The van der Waals surface area contributed by atoms with Gasteiger partial charge in [0, 0.05) is 19.2 Å². The average Bonchev–Trinajstić information content (AvgIpc) is 2.20. The summed E-state index contributed by atoms with van der Waals surface area (Å²) in [5, 5.41) is 9.85. The number of rotatable bonds is 1. The van der Waals surface area contributed by atoms with Crippen molar-refractivity contribution in [1.29, 1.82) is 0 Å². The third kappa shape index (κ3) is 2.52. The molecule has 2 rings (SSSR count). The van der Waals surface area contributed by atoms with Crippen molar-refractivity contribution in [2.75, 3.05) is 18.0 Å². The fourth-order valence-electron chi connectivity index (χ4n) is 1.94. The van der Waals surface area contributed by atoms with Crippen molar-refractivity contribution in [3.63, 3.8) is 0 Å².